The van der Waals surface area contributed by atoms with Gasteiger partial charge in [0.2, 0.25) is 5.91 Å². The third-order valence-corrected chi connectivity index (χ3v) is 4.64. The minimum absolute atomic E-state index is 0.143. The minimum atomic E-state index is 0.143. The molecule has 2 rings (SSSR count). The summed E-state index contributed by atoms with van der Waals surface area (Å²) in [6.07, 6.45) is 6.77. The van der Waals surface area contributed by atoms with E-state index in [1.165, 1.54) is 32.1 Å². The van der Waals surface area contributed by atoms with E-state index >= 15 is 0 Å². The summed E-state index contributed by atoms with van der Waals surface area (Å²) in [5, 5.41) is 0. The third kappa shape index (κ3) is 3.93. The first-order valence-electron chi connectivity index (χ1n) is 7.71. The lowest BCUT2D eigenvalue weighted by Gasteiger charge is -2.34. The normalized spacial score (nSPS) is 28.1. The van der Waals surface area contributed by atoms with Gasteiger partial charge in [-0.2, -0.15) is 0 Å². The topological polar surface area (TPSA) is 26.8 Å². The fourth-order valence-corrected chi connectivity index (χ4v) is 3.50. The molecule has 2 aliphatic rings. The first-order chi connectivity index (χ1) is 9.08. The predicted molar refractivity (Wildman–Crippen MR) is 78.1 cm³/mol. The van der Waals surface area contributed by atoms with Gasteiger partial charge in [-0.05, 0) is 19.9 Å². The Morgan fingerprint density at radius 2 is 1.74 bits per heavy atom. The summed E-state index contributed by atoms with van der Waals surface area (Å²) in [6.45, 7) is 4.07. The molecule has 2 fully saturated rings. The number of hydrogen-bond acceptors (Lipinski definition) is 3. The molecule has 0 aromatic heterocycles. The van der Waals surface area contributed by atoms with E-state index in [0.29, 0.717) is 0 Å². The molecule has 4 heteroatoms. The first kappa shape index (κ1) is 14.8. The second-order valence-corrected chi connectivity index (χ2v) is 6.48. The molecule has 0 radical (unpaired) electrons. The zero-order chi connectivity index (χ0) is 13.8. The van der Waals surface area contributed by atoms with E-state index in [1.807, 2.05) is 14.1 Å². The SMILES string of the molecule is CN1CCN(C2CCCCC2)CC(C(=O)N(C)C)C1. The van der Waals surface area contributed by atoms with Crippen LogP contribution in [-0.2, 0) is 4.79 Å². The van der Waals surface area contributed by atoms with Crippen LogP contribution in [0.4, 0.5) is 0 Å². The summed E-state index contributed by atoms with van der Waals surface area (Å²) in [5.74, 6) is 0.430. The summed E-state index contributed by atoms with van der Waals surface area (Å²) in [6, 6.07) is 0.720. The van der Waals surface area contributed by atoms with Gasteiger partial charge >= 0.3 is 0 Å². The van der Waals surface area contributed by atoms with Gasteiger partial charge in [0, 0.05) is 46.3 Å². The van der Waals surface area contributed by atoms with Crippen molar-refractivity contribution in [2.75, 3.05) is 47.3 Å². The molecule has 0 N–H and O–H groups in total. The van der Waals surface area contributed by atoms with E-state index in [4.69, 9.17) is 0 Å². The molecule has 1 aliphatic carbocycles. The number of amides is 1. The van der Waals surface area contributed by atoms with Crippen LogP contribution in [0.15, 0.2) is 0 Å². The summed E-state index contributed by atoms with van der Waals surface area (Å²) in [5.41, 5.74) is 0. The van der Waals surface area contributed by atoms with Crippen LogP contribution in [0.25, 0.3) is 0 Å². The van der Waals surface area contributed by atoms with Gasteiger partial charge in [0.1, 0.15) is 0 Å². The molecule has 0 spiro atoms. The van der Waals surface area contributed by atoms with Crippen LogP contribution in [0, 0.1) is 5.92 Å². The number of carbonyl (C=O) groups excluding carboxylic acids is 1. The van der Waals surface area contributed by atoms with E-state index in [9.17, 15) is 4.79 Å². The van der Waals surface area contributed by atoms with E-state index < -0.39 is 0 Å². The van der Waals surface area contributed by atoms with Gasteiger partial charge in [-0.25, -0.2) is 0 Å². The van der Waals surface area contributed by atoms with Gasteiger partial charge < -0.3 is 9.80 Å². The first-order valence-corrected chi connectivity index (χ1v) is 7.71. The monoisotopic (exact) mass is 267 g/mol. The van der Waals surface area contributed by atoms with Crippen molar-refractivity contribution in [3.05, 3.63) is 0 Å². The van der Waals surface area contributed by atoms with Crippen molar-refractivity contribution >= 4 is 5.91 Å². The lowest BCUT2D eigenvalue weighted by Crippen LogP contribution is -2.44. The molecule has 1 amide bonds. The highest BCUT2D eigenvalue weighted by molar-refractivity contribution is 5.78. The minimum Gasteiger partial charge on any atom is -0.348 e. The number of carbonyl (C=O) groups is 1. The Morgan fingerprint density at radius 1 is 1.05 bits per heavy atom. The maximum Gasteiger partial charge on any atom is 0.227 e. The Labute approximate surface area is 117 Å². The summed E-state index contributed by atoms with van der Waals surface area (Å²) >= 11 is 0. The highest BCUT2D eigenvalue weighted by Crippen LogP contribution is 2.24. The van der Waals surface area contributed by atoms with Crippen LogP contribution in [0.1, 0.15) is 32.1 Å². The van der Waals surface area contributed by atoms with Crippen LogP contribution in [-0.4, -0.2) is 74.0 Å². The molecule has 1 heterocycles. The maximum absolute atomic E-state index is 12.3. The van der Waals surface area contributed by atoms with Gasteiger partial charge in [0.25, 0.3) is 0 Å². The maximum atomic E-state index is 12.3. The van der Waals surface area contributed by atoms with Crippen LogP contribution >= 0.6 is 0 Å². The zero-order valence-electron chi connectivity index (χ0n) is 12.8. The zero-order valence-corrected chi connectivity index (χ0v) is 12.8. The van der Waals surface area contributed by atoms with Crippen molar-refractivity contribution in [1.82, 2.24) is 14.7 Å². The molecule has 1 unspecified atom stereocenters. The Kier molecular flexibility index (Phi) is 5.22. The average Bonchev–Trinajstić information content (AvgIpc) is 2.61. The Hall–Kier alpha value is -0.610. The Bertz CT molecular complexity index is 300. The standard InChI is InChI=1S/C15H29N3O/c1-16(2)15(19)13-11-17(3)9-10-18(12-13)14-7-5-4-6-8-14/h13-14H,4-12H2,1-3H3. The lowest BCUT2D eigenvalue weighted by molar-refractivity contribution is -0.133. The van der Waals surface area contributed by atoms with Gasteiger partial charge in [-0.3, -0.25) is 9.69 Å². The van der Waals surface area contributed by atoms with Gasteiger partial charge in [0.05, 0.1) is 5.92 Å². The van der Waals surface area contributed by atoms with Gasteiger partial charge in [-0.1, -0.05) is 19.3 Å². The van der Waals surface area contributed by atoms with Crippen molar-refractivity contribution in [3.8, 4) is 0 Å². The van der Waals surface area contributed by atoms with Gasteiger partial charge in [0.15, 0.2) is 0 Å². The highest BCUT2D eigenvalue weighted by atomic mass is 16.2. The van der Waals surface area contributed by atoms with Crippen LogP contribution in [0.2, 0.25) is 0 Å². The molecular weight excluding hydrogens is 238 g/mol. The molecule has 0 aromatic rings. The van der Waals surface area contributed by atoms with Crippen molar-refractivity contribution in [3.63, 3.8) is 0 Å². The molecule has 1 saturated heterocycles. The van der Waals surface area contributed by atoms with E-state index in [-0.39, 0.29) is 11.8 Å². The van der Waals surface area contributed by atoms with Crippen LogP contribution in [0.5, 0.6) is 0 Å². The molecule has 0 aromatic carbocycles. The molecule has 4 nitrogen and oxygen atoms in total. The Morgan fingerprint density at radius 3 is 2.37 bits per heavy atom. The summed E-state index contributed by atoms with van der Waals surface area (Å²) < 4.78 is 0. The number of likely N-dealkylation sites (N-methyl/N-ethyl adjacent to an activating group) is 1. The van der Waals surface area contributed by atoms with Crippen molar-refractivity contribution in [2.45, 2.75) is 38.1 Å². The molecule has 1 atom stereocenters. The smallest absolute Gasteiger partial charge is 0.227 e. The Balaban J connectivity index is 2.01. The second kappa shape index (κ2) is 6.71. The molecule has 0 bridgehead atoms. The molecule has 19 heavy (non-hydrogen) atoms. The number of nitrogens with zero attached hydrogens (tertiary/aromatic N) is 3. The van der Waals surface area contributed by atoms with Gasteiger partial charge in [-0.15, -0.1) is 0 Å². The third-order valence-electron chi connectivity index (χ3n) is 4.64. The molecule has 1 saturated carbocycles. The average molecular weight is 267 g/mol. The highest BCUT2D eigenvalue weighted by Gasteiger charge is 2.31. The number of hydrogen-bond donors (Lipinski definition) is 0. The summed E-state index contributed by atoms with van der Waals surface area (Å²) in [4.78, 5) is 19.0. The van der Waals surface area contributed by atoms with Crippen molar-refractivity contribution in [2.24, 2.45) is 5.92 Å². The van der Waals surface area contributed by atoms with Crippen LogP contribution in [0.3, 0.4) is 0 Å². The van der Waals surface area contributed by atoms with Crippen molar-refractivity contribution in [1.29, 1.82) is 0 Å². The quantitative estimate of drug-likeness (QED) is 0.754. The van der Waals surface area contributed by atoms with E-state index in [2.05, 4.69) is 16.8 Å². The fraction of sp³-hybridized carbons (Fsp3) is 0.933. The lowest BCUT2D eigenvalue weighted by atomic mass is 9.93. The van der Waals surface area contributed by atoms with Crippen LogP contribution < -0.4 is 0 Å². The fourth-order valence-electron chi connectivity index (χ4n) is 3.50. The predicted octanol–water partition coefficient (Wildman–Crippen LogP) is 1.27. The second-order valence-electron chi connectivity index (χ2n) is 6.48. The molecule has 1 aliphatic heterocycles. The molecule has 110 valence electrons. The van der Waals surface area contributed by atoms with Crippen molar-refractivity contribution < 1.29 is 4.79 Å². The largest absolute Gasteiger partial charge is 0.348 e. The molecular formula is C15H29N3O. The number of rotatable bonds is 2. The van der Waals surface area contributed by atoms with E-state index in [1.54, 1.807) is 4.90 Å². The van der Waals surface area contributed by atoms with E-state index in [0.717, 1.165) is 32.2 Å². The summed E-state index contributed by atoms with van der Waals surface area (Å²) in [7, 11) is 5.89.